The first kappa shape index (κ1) is 8.92. The quantitative estimate of drug-likeness (QED) is 0.617. The number of hydrogen-bond donors (Lipinski definition) is 1. The Morgan fingerprint density at radius 2 is 1.89 bits per heavy atom. The summed E-state index contributed by atoms with van der Waals surface area (Å²) in [5, 5.41) is 3.13. The summed E-state index contributed by atoms with van der Waals surface area (Å²) in [6.07, 6.45) is 0. The highest BCUT2D eigenvalue weighted by Crippen LogP contribution is 2.11. The highest BCUT2D eigenvalue weighted by atomic mass is 16.5. The normalized spacial score (nSPS) is 15.7. The topological polar surface area (TPSA) is 21.3 Å². The van der Waals surface area contributed by atoms with Gasteiger partial charge < -0.3 is 10.1 Å². The molecule has 0 saturated heterocycles. The van der Waals surface area contributed by atoms with Crippen molar-refractivity contribution in [1.29, 1.82) is 0 Å². The molecule has 1 unspecified atom stereocenters. The van der Waals surface area contributed by atoms with Gasteiger partial charge >= 0.3 is 0 Å². The van der Waals surface area contributed by atoms with Crippen molar-refractivity contribution in [2.24, 2.45) is 0 Å². The second-order valence-electron chi connectivity index (χ2n) is 2.82. The minimum Gasteiger partial charge on any atom is -0.377 e. The van der Waals surface area contributed by atoms with E-state index in [1.54, 1.807) is 7.11 Å². The summed E-state index contributed by atoms with van der Waals surface area (Å²) >= 11 is 0. The van der Waals surface area contributed by atoms with E-state index in [-0.39, 0.29) is 5.60 Å². The molecule has 0 saturated carbocycles. The maximum Gasteiger partial charge on any atom is 0.0772 e. The third-order valence-electron chi connectivity index (χ3n) is 2.00. The van der Waals surface area contributed by atoms with Crippen LogP contribution in [0.3, 0.4) is 0 Å². The number of nitrogens with one attached hydrogen (secondary N) is 1. The molecule has 0 aromatic carbocycles. The van der Waals surface area contributed by atoms with Crippen molar-refractivity contribution in [3.05, 3.63) is 0 Å². The van der Waals surface area contributed by atoms with E-state index in [4.69, 9.17) is 4.74 Å². The molecule has 0 spiro atoms. The molecule has 2 heteroatoms. The highest BCUT2D eigenvalue weighted by molar-refractivity contribution is 4.79. The fraction of sp³-hybridized carbons (Fsp3) is 1.00. The summed E-state index contributed by atoms with van der Waals surface area (Å²) in [6, 6.07) is 0.391. The van der Waals surface area contributed by atoms with Gasteiger partial charge in [0.1, 0.15) is 0 Å². The average Bonchev–Trinajstić information content (AvgIpc) is 1.86. The first-order chi connectivity index (χ1) is 4.04. The van der Waals surface area contributed by atoms with Crippen LogP contribution < -0.4 is 5.32 Å². The summed E-state index contributed by atoms with van der Waals surface area (Å²) in [7, 11) is 3.67. The molecule has 0 radical (unpaired) electrons. The Bertz CT molecular complexity index is 81.0. The van der Waals surface area contributed by atoms with Crippen LogP contribution in [0.1, 0.15) is 20.8 Å². The van der Waals surface area contributed by atoms with E-state index in [1.807, 2.05) is 7.05 Å². The Hall–Kier alpha value is -0.0800. The number of hydrogen-bond acceptors (Lipinski definition) is 2. The van der Waals surface area contributed by atoms with E-state index in [1.165, 1.54) is 0 Å². The van der Waals surface area contributed by atoms with Crippen molar-refractivity contribution in [3.63, 3.8) is 0 Å². The van der Waals surface area contributed by atoms with Crippen molar-refractivity contribution < 1.29 is 4.74 Å². The lowest BCUT2D eigenvalue weighted by Crippen LogP contribution is -2.44. The number of rotatable bonds is 3. The standard InChI is InChI=1S/C7H17NO/c1-6(8-4)7(2,3)9-5/h6,8H,1-5H3. The Kier molecular flexibility index (Phi) is 3.15. The number of methoxy groups -OCH3 is 1. The van der Waals surface area contributed by atoms with Crippen LogP contribution in [0.4, 0.5) is 0 Å². The molecule has 1 atom stereocenters. The first-order valence-corrected chi connectivity index (χ1v) is 3.27. The molecule has 0 amide bonds. The predicted octanol–water partition coefficient (Wildman–Crippen LogP) is 1.02. The first-order valence-electron chi connectivity index (χ1n) is 3.27. The summed E-state index contributed by atoms with van der Waals surface area (Å²) < 4.78 is 5.23. The Morgan fingerprint density at radius 1 is 1.44 bits per heavy atom. The van der Waals surface area contributed by atoms with Gasteiger partial charge in [0.15, 0.2) is 0 Å². The fourth-order valence-electron chi connectivity index (χ4n) is 0.524. The zero-order chi connectivity index (χ0) is 7.49. The monoisotopic (exact) mass is 131 g/mol. The molecule has 0 aromatic heterocycles. The molecule has 9 heavy (non-hydrogen) atoms. The molecule has 0 aliphatic heterocycles. The Labute approximate surface area is 57.6 Å². The van der Waals surface area contributed by atoms with E-state index in [2.05, 4.69) is 26.1 Å². The maximum atomic E-state index is 5.23. The van der Waals surface area contributed by atoms with Gasteiger partial charge in [0.25, 0.3) is 0 Å². The van der Waals surface area contributed by atoms with Gasteiger partial charge in [-0.05, 0) is 27.8 Å². The summed E-state index contributed by atoms with van der Waals surface area (Å²) in [5.41, 5.74) is -0.0608. The van der Waals surface area contributed by atoms with E-state index >= 15 is 0 Å². The van der Waals surface area contributed by atoms with Crippen LogP contribution in [0.15, 0.2) is 0 Å². The largest absolute Gasteiger partial charge is 0.377 e. The smallest absolute Gasteiger partial charge is 0.0772 e. The fourth-order valence-corrected chi connectivity index (χ4v) is 0.524. The molecular formula is C7H17NO. The zero-order valence-corrected chi connectivity index (χ0v) is 6.99. The molecule has 0 heterocycles. The average molecular weight is 131 g/mol. The van der Waals surface area contributed by atoms with Crippen LogP contribution in [-0.2, 0) is 4.74 Å². The molecular weight excluding hydrogens is 114 g/mol. The van der Waals surface area contributed by atoms with Gasteiger partial charge in [-0.3, -0.25) is 0 Å². The lowest BCUT2D eigenvalue weighted by molar-refractivity contribution is -0.00289. The third kappa shape index (κ3) is 2.33. The lowest BCUT2D eigenvalue weighted by atomic mass is 10.0. The minimum absolute atomic E-state index is 0.0608. The van der Waals surface area contributed by atoms with Gasteiger partial charge in [-0.2, -0.15) is 0 Å². The van der Waals surface area contributed by atoms with Crippen molar-refractivity contribution in [1.82, 2.24) is 5.32 Å². The minimum atomic E-state index is -0.0608. The van der Waals surface area contributed by atoms with E-state index in [0.717, 1.165) is 0 Å². The summed E-state index contributed by atoms with van der Waals surface area (Å²) in [5.74, 6) is 0. The van der Waals surface area contributed by atoms with Crippen LogP contribution in [0.5, 0.6) is 0 Å². The molecule has 56 valence electrons. The van der Waals surface area contributed by atoms with Gasteiger partial charge in [-0.25, -0.2) is 0 Å². The van der Waals surface area contributed by atoms with E-state index in [0.29, 0.717) is 6.04 Å². The van der Waals surface area contributed by atoms with Crippen LogP contribution in [0, 0.1) is 0 Å². The maximum absolute atomic E-state index is 5.23. The van der Waals surface area contributed by atoms with Crippen LogP contribution in [0.25, 0.3) is 0 Å². The Morgan fingerprint density at radius 3 is 2.00 bits per heavy atom. The van der Waals surface area contributed by atoms with Crippen molar-refractivity contribution in [2.45, 2.75) is 32.4 Å². The van der Waals surface area contributed by atoms with Crippen molar-refractivity contribution >= 4 is 0 Å². The molecule has 1 N–H and O–H groups in total. The second kappa shape index (κ2) is 3.18. The van der Waals surface area contributed by atoms with Gasteiger partial charge in [-0.1, -0.05) is 0 Å². The van der Waals surface area contributed by atoms with Gasteiger partial charge in [0.2, 0.25) is 0 Å². The van der Waals surface area contributed by atoms with Crippen molar-refractivity contribution in [2.75, 3.05) is 14.2 Å². The molecule has 0 aliphatic rings. The lowest BCUT2D eigenvalue weighted by Gasteiger charge is -2.29. The SMILES string of the molecule is CNC(C)C(C)(C)OC. The van der Waals surface area contributed by atoms with Gasteiger partial charge in [0, 0.05) is 13.2 Å². The molecule has 0 aromatic rings. The number of likely N-dealkylation sites (N-methyl/N-ethyl adjacent to an activating group) is 1. The van der Waals surface area contributed by atoms with E-state index < -0.39 is 0 Å². The number of ether oxygens (including phenoxy) is 1. The Balaban J connectivity index is 3.80. The van der Waals surface area contributed by atoms with Gasteiger partial charge in [0.05, 0.1) is 5.60 Å². The molecule has 2 nitrogen and oxygen atoms in total. The highest BCUT2D eigenvalue weighted by Gasteiger charge is 2.22. The zero-order valence-electron chi connectivity index (χ0n) is 6.99. The second-order valence-corrected chi connectivity index (χ2v) is 2.82. The van der Waals surface area contributed by atoms with Gasteiger partial charge in [-0.15, -0.1) is 0 Å². The molecule has 0 aliphatic carbocycles. The van der Waals surface area contributed by atoms with E-state index in [9.17, 15) is 0 Å². The third-order valence-corrected chi connectivity index (χ3v) is 2.00. The molecule has 0 rings (SSSR count). The van der Waals surface area contributed by atoms with Crippen LogP contribution in [-0.4, -0.2) is 25.8 Å². The van der Waals surface area contributed by atoms with Crippen LogP contribution in [0.2, 0.25) is 0 Å². The van der Waals surface area contributed by atoms with Crippen molar-refractivity contribution in [3.8, 4) is 0 Å². The predicted molar refractivity (Wildman–Crippen MR) is 39.6 cm³/mol. The molecule has 0 fully saturated rings. The van der Waals surface area contributed by atoms with Crippen LogP contribution >= 0.6 is 0 Å². The summed E-state index contributed by atoms with van der Waals surface area (Å²) in [4.78, 5) is 0. The molecule has 0 bridgehead atoms. The summed E-state index contributed by atoms with van der Waals surface area (Å²) in [6.45, 7) is 6.23.